The Labute approximate surface area is 85.7 Å². The van der Waals surface area contributed by atoms with Crippen molar-refractivity contribution in [3.05, 3.63) is 10.4 Å². The molecule has 1 heterocycles. The zero-order valence-electron chi connectivity index (χ0n) is 8.09. The number of methoxy groups -OCH3 is 1. The van der Waals surface area contributed by atoms with E-state index in [9.17, 15) is 10.2 Å². The minimum atomic E-state index is -1.26. The molecule has 8 heteroatoms. The highest BCUT2D eigenvalue weighted by molar-refractivity contribution is 4.94. The zero-order chi connectivity index (χ0) is 11.4. The fraction of sp³-hybridized carbons (Fsp3) is 1.00. The topological polar surface area (TPSA) is 128 Å². The van der Waals surface area contributed by atoms with Crippen molar-refractivity contribution < 1.29 is 24.8 Å². The van der Waals surface area contributed by atoms with E-state index < -0.39 is 37.3 Å². The third kappa shape index (κ3) is 2.37. The van der Waals surface area contributed by atoms with E-state index in [1.807, 2.05) is 0 Å². The maximum atomic E-state index is 9.59. The highest BCUT2D eigenvalue weighted by Gasteiger charge is 2.43. The lowest BCUT2D eigenvalue weighted by atomic mass is 9.97. The molecule has 15 heavy (non-hydrogen) atoms. The summed E-state index contributed by atoms with van der Waals surface area (Å²) in [6, 6.07) is -1.09. The van der Waals surface area contributed by atoms with Crippen LogP contribution in [0.1, 0.15) is 0 Å². The fourth-order valence-corrected chi connectivity index (χ4v) is 1.46. The smallest absolute Gasteiger partial charge is 0.184 e. The third-order valence-corrected chi connectivity index (χ3v) is 2.27. The molecule has 1 aliphatic heterocycles. The molecule has 5 atom stereocenters. The van der Waals surface area contributed by atoms with Crippen molar-refractivity contribution >= 4 is 0 Å². The van der Waals surface area contributed by atoms with Crippen molar-refractivity contribution in [1.29, 1.82) is 0 Å². The van der Waals surface area contributed by atoms with Gasteiger partial charge in [0.25, 0.3) is 0 Å². The Hall–Kier alpha value is -0.890. The summed E-state index contributed by atoms with van der Waals surface area (Å²) >= 11 is 0. The number of hydrogen-bond donors (Lipinski definition) is 3. The van der Waals surface area contributed by atoms with Gasteiger partial charge in [0.2, 0.25) is 0 Å². The van der Waals surface area contributed by atoms with Gasteiger partial charge in [0.15, 0.2) is 6.29 Å². The van der Waals surface area contributed by atoms with Gasteiger partial charge in [0.1, 0.15) is 12.2 Å². The predicted molar refractivity (Wildman–Crippen MR) is 47.7 cm³/mol. The first-order chi connectivity index (χ1) is 7.15. The van der Waals surface area contributed by atoms with E-state index in [4.69, 9.17) is 20.1 Å². The minimum Gasteiger partial charge on any atom is -0.394 e. The molecule has 0 aliphatic carbocycles. The molecule has 8 nitrogen and oxygen atoms in total. The van der Waals surface area contributed by atoms with Gasteiger partial charge in [-0.3, -0.25) is 0 Å². The Balaban J connectivity index is 2.85. The fourth-order valence-electron chi connectivity index (χ4n) is 1.46. The number of aliphatic hydroxyl groups excluding tert-OH is 3. The normalized spacial score (nSPS) is 40.9. The second kappa shape index (κ2) is 5.26. The lowest BCUT2D eigenvalue weighted by Gasteiger charge is -2.39. The maximum absolute atomic E-state index is 9.59. The first-order valence-corrected chi connectivity index (χ1v) is 4.35. The summed E-state index contributed by atoms with van der Waals surface area (Å²) in [5.74, 6) is 0. The van der Waals surface area contributed by atoms with E-state index >= 15 is 0 Å². The van der Waals surface area contributed by atoms with Crippen LogP contribution in [0, 0.1) is 0 Å². The summed E-state index contributed by atoms with van der Waals surface area (Å²) in [5, 5.41) is 31.3. The van der Waals surface area contributed by atoms with Gasteiger partial charge < -0.3 is 24.8 Å². The van der Waals surface area contributed by atoms with Crippen LogP contribution < -0.4 is 0 Å². The Kier molecular flexibility index (Phi) is 4.28. The van der Waals surface area contributed by atoms with Crippen molar-refractivity contribution in [3.8, 4) is 0 Å². The van der Waals surface area contributed by atoms with Gasteiger partial charge in [0, 0.05) is 12.0 Å². The molecular weight excluding hydrogens is 206 g/mol. The summed E-state index contributed by atoms with van der Waals surface area (Å²) in [6.07, 6.45) is -4.48. The molecule has 0 aromatic heterocycles. The van der Waals surface area contributed by atoms with E-state index in [1.165, 1.54) is 7.11 Å². The lowest BCUT2D eigenvalue weighted by Crippen LogP contribution is -2.58. The summed E-state index contributed by atoms with van der Waals surface area (Å²) in [6.45, 7) is -0.453. The molecular formula is C7H13N3O5. The molecule has 3 N–H and O–H groups in total. The van der Waals surface area contributed by atoms with Crippen LogP contribution in [0.3, 0.4) is 0 Å². The molecule has 1 aliphatic rings. The monoisotopic (exact) mass is 219 g/mol. The Morgan fingerprint density at radius 2 is 2.13 bits per heavy atom. The maximum Gasteiger partial charge on any atom is 0.184 e. The van der Waals surface area contributed by atoms with Crippen molar-refractivity contribution in [3.63, 3.8) is 0 Å². The number of hydrogen-bond acceptors (Lipinski definition) is 6. The largest absolute Gasteiger partial charge is 0.394 e. The van der Waals surface area contributed by atoms with E-state index in [2.05, 4.69) is 10.0 Å². The van der Waals surface area contributed by atoms with Crippen LogP contribution in [-0.4, -0.2) is 59.7 Å². The van der Waals surface area contributed by atoms with Crippen LogP contribution in [0.5, 0.6) is 0 Å². The molecule has 0 spiro atoms. The number of aliphatic hydroxyl groups is 3. The summed E-state index contributed by atoms with van der Waals surface area (Å²) in [7, 11) is 1.30. The first kappa shape index (κ1) is 12.2. The molecule has 0 radical (unpaired) electrons. The van der Waals surface area contributed by atoms with Crippen molar-refractivity contribution in [1.82, 2.24) is 0 Å². The number of nitrogens with zero attached hydrogens (tertiary/aromatic N) is 3. The molecule has 1 rings (SSSR count). The molecule has 0 amide bonds. The zero-order valence-corrected chi connectivity index (χ0v) is 8.09. The van der Waals surface area contributed by atoms with Crippen LogP contribution in [-0.2, 0) is 9.47 Å². The minimum absolute atomic E-state index is 0.453. The van der Waals surface area contributed by atoms with Gasteiger partial charge in [-0.15, -0.1) is 0 Å². The quantitative estimate of drug-likeness (QED) is 0.310. The van der Waals surface area contributed by atoms with Gasteiger partial charge in [0.05, 0.1) is 18.8 Å². The Morgan fingerprint density at radius 1 is 1.47 bits per heavy atom. The third-order valence-electron chi connectivity index (χ3n) is 2.27. The summed E-state index contributed by atoms with van der Waals surface area (Å²) < 4.78 is 9.81. The van der Waals surface area contributed by atoms with Gasteiger partial charge in [-0.1, -0.05) is 5.11 Å². The average Bonchev–Trinajstić information content (AvgIpc) is 2.25. The van der Waals surface area contributed by atoms with Gasteiger partial charge >= 0.3 is 0 Å². The van der Waals surface area contributed by atoms with Crippen LogP contribution in [0.2, 0.25) is 0 Å². The predicted octanol–water partition coefficient (Wildman–Crippen LogP) is -1.25. The highest BCUT2D eigenvalue weighted by atomic mass is 16.7. The van der Waals surface area contributed by atoms with Crippen LogP contribution in [0.15, 0.2) is 5.11 Å². The highest BCUT2D eigenvalue weighted by Crippen LogP contribution is 2.23. The van der Waals surface area contributed by atoms with Gasteiger partial charge in [-0.05, 0) is 5.53 Å². The first-order valence-electron chi connectivity index (χ1n) is 4.35. The van der Waals surface area contributed by atoms with Crippen molar-refractivity contribution in [2.75, 3.05) is 13.7 Å². The van der Waals surface area contributed by atoms with Gasteiger partial charge in [-0.2, -0.15) is 0 Å². The van der Waals surface area contributed by atoms with Crippen LogP contribution >= 0.6 is 0 Å². The van der Waals surface area contributed by atoms with E-state index in [1.54, 1.807) is 0 Å². The molecule has 0 aromatic carbocycles. The molecule has 0 bridgehead atoms. The number of ether oxygens (including phenoxy) is 2. The summed E-state index contributed by atoms with van der Waals surface area (Å²) in [5.41, 5.74) is 8.26. The average molecular weight is 219 g/mol. The second-order valence-corrected chi connectivity index (χ2v) is 3.14. The molecule has 0 aromatic rings. The van der Waals surface area contributed by atoms with E-state index in [0.29, 0.717) is 0 Å². The molecule has 3 unspecified atom stereocenters. The SMILES string of the molecule is COC1OC(CO)[C@H](O)[C@H](N=[N+]=[N-])C1O. The number of azide groups is 1. The van der Waals surface area contributed by atoms with Crippen molar-refractivity contribution in [2.24, 2.45) is 5.11 Å². The molecule has 86 valence electrons. The van der Waals surface area contributed by atoms with Gasteiger partial charge in [-0.25, -0.2) is 0 Å². The van der Waals surface area contributed by atoms with Crippen molar-refractivity contribution in [2.45, 2.75) is 30.6 Å². The number of rotatable bonds is 3. The molecule has 1 saturated heterocycles. The van der Waals surface area contributed by atoms with Crippen LogP contribution in [0.4, 0.5) is 0 Å². The van der Waals surface area contributed by atoms with E-state index in [0.717, 1.165) is 0 Å². The Morgan fingerprint density at radius 3 is 2.60 bits per heavy atom. The molecule has 0 saturated carbocycles. The Bertz CT molecular complexity index is 241. The molecule has 1 fully saturated rings. The summed E-state index contributed by atoms with van der Waals surface area (Å²) in [4.78, 5) is 2.51. The van der Waals surface area contributed by atoms with Crippen LogP contribution in [0.25, 0.3) is 10.4 Å². The van der Waals surface area contributed by atoms with E-state index in [-0.39, 0.29) is 0 Å². The second-order valence-electron chi connectivity index (χ2n) is 3.14. The standard InChI is InChI=1S/C7H13N3O5/c1-14-7-6(13)4(9-10-8)5(12)3(2-11)15-7/h3-7,11-13H,2H2,1H3/t3?,4-,5-,6?,7?/m0/s1. The lowest BCUT2D eigenvalue weighted by molar-refractivity contribution is -0.267.